The number of aryl methyl sites for hydroxylation is 1. The van der Waals surface area contributed by atoms with E-state index in [1.54, 1.807) is 55.5 Å². The minimum atomic E-state index is -0.472. The average Bonchev–Trinajstić information content (AvgIpc) is 0.706. The van der Waals surface area contributed by atoms with Gasteiger partial charge < -0.3 is 79.3 Å². The van der Waals surface area contributed by atoms with E-state index in [0.29, 0.717) is 112 Å². The first kappa shape index (κ1) is 80.2. The maximum atomic E-state index is 11.3. The van der Waals surface area contributed by atoms with Crippen LogP contribution in [0.25, 0.3) is 0 Å². The van der Waals surface area contributed by atoms with Crippen molar-refractivity contribution in [1.82, 2.24) is 9.88 Å². The van der Waals surface area contributed by atoms with Crippen molar-refractivity contribution in [1.29, 1.82) is 0 Å². The molecule has 0 saturated heterocycles. The van der Waals surface area contributed by atoms with E-state index in [4.69, 9.17) is 0 Å². The van der Waals surface area contributed by atoms with E-state index in [1.165, 1.54) is 5.56 Å². The number of nitrogens with zero attached hydrogens (tertiary/aromatic N) is 2. The van der Waals surface area contributed by atoms with Crippen LogP contribution in [-0.4, -0.2) is 106 Å². The van der Waals surface area contributed by atoms with Crippen LogP contribution in [0.5, 0.6) is 0 Å². The molecule has 0 aliphatic rings. The third-order valence-electron chi connectivity index (χ3n) is 15.2. The molecule has 0 aliphatic heterocycles. The number of aromatic nitrogens is 1. The Balaban J connectivity index is 0.000000215. The van der Waals surface area contributed by atoms with Gasteiger partial charge in [0.25, 0.3) is 76.0 Å². The monoisotopic (exact) mass is 1400 g/mol. The number of nitrogens with one attached hydrogen (secondary N) is 14. The summed E-state index contributed by atoms with van der Waals surface area (Å²) >= 11 is 0. The number of rotatable bonds is 28. The highest BCUT2D eigenvalue weighted by Gasteiger charge is 2.24. The number of hydrogen-bond acceptors (Lipinski definition) is 30. The molecule has 30 heteroatoms. The molecular weight excluding hydrogens is 1310 g/mol. The largest absolute Gasteiger partial charge is 0.383 e. The maximum absolute atomic E-state index is 11.3. The predicted molar refractivity (Wildman–Crippen MR) is 415 cm³/mol. The molecule has 0 spiro atoms. The lowest BCUT2D eigenvalue weighted by Crippen LogP contribution is -2.37. The van der Waals surface area contributed by atoms with E-state index in [-0.39, 0.29) is 0 Å². The molecule has 14 N–H and O–H groups in total. The molecule has 10 aromatic carbocycles. The molecule has 30 nitrogen and oxygen atoms in total. The highest BCUT2D eigenvalue weighted by Crippen LogP contribution is 2.22. The van der Waals surface area contributed by atoms with Crippen LogP contribution in [0.2, 0.25) is 0 Å². The van der Waals surface area contributed by atoms with Crippen LogP contribution in [0.4, 0.5) is 85.3 Å². The van der Waals surface area contributed by atoms with E-state index in [2.05, 4.69) is 79.4 Å². The summed E-state index contributed by atoms with van der Waals surface area (Å²) < 4.78 is 0. The van der Waals surface area contributed by atoms with Crippen molar-refractivity contribution in [2.45, 2.75) is 46.7 Å². The van der Waals surface area contributed by atoms with Crippen molar-refractivity contribution in [3.8, 4) is 0 Å². The normalized spacial score (nSPS) is 10.4. The van der Waals surface area contributed by atoms with Crippen LogP contribution in [0.15, 0.2) is 176 Å². The summed E-state index contributed by atoms with van der Waals surface area (Å²) in [6, 6.07) is 32.8. The first-order valence-electron chi connectivity index (χ1n) is 32.3. The minimum absolute atomic E-state index is 0.345. The first-order valence-corrected chi connectivity index (χ1v) is 32.3. The van der Waals surface area contributed by atoms with Gasteiger partial charge in [0.15, 0.2) is 0 Å². The third kappa shape index (κ3) is 20.1. The van der Waals surface area contributed by atoms with Gasteiger partial charge in [-0.1, -0.05) is 85.8 Å². The quantitative estimate of drug-likeness (QED) is 0.0313. The lowest BCUT2D eigenvalue weighted by Gasteiger charge is -2.14. The molecule has 0 unspecified atom stereocenters. The molecule has 538 valence electrons. The van der Waals surface area contributed by atoms with Gasteiger partial charge in [-0.25, -0.2) is 0 Å². The summed E-state index contributed by atoms with van der Waals surface area (Å²) in [6.45, 7) is 10.3. The maximum Gasteiger partial charge on any atom is 0.253 e. The lowest BCUT2D eigenvalue weighted by atomic mass is 10.1. The Hall–Kier alpha value is -12.5. The first-order chi connectivity index (χ1) is 48.9. The molecule has 0 saturated carbocycles. The lowest BCUT2D eigenvalue weighted by molar-refractivity contribution is 0.425. The Labute approximate surface area is 584 Å². The Morgan fingerprint density at radius 3 is 1.05 bits per heavy atom. The van der Waals surface area contributed by atoms with Gasteiger partial charge in [-0.15, -0.1) is 0 Å². The van der Waals surface area contributed by atoms with Crippen LogP contribution >= 0.6 is 0 Å². The van der Waals surface area contributed by atoms with Crippen LogP contribution < -0.4 is 150 Å². The Bertz CT molecular complexity index is 4970. The fourth-order valence-electron chi connectivity index (χ4n) is 9.69. The van der Waals surface area contributed by atoms with Crippen LogP contribution in [0, 0.1) is 6.92 Å². The molecule has 0 bridgehead atoms. The summed E-state index contributed by atoms with van der Waals surface area (Å²) in [5.74, 6) is 0. The molecule has 1 aromatic heterocycles. The zero-order valence-corrected chi connectivity index (χ0v) is 58.9. The zero-order chi connectivity index (χ0) is 75.3. The molecule has 0 radical (unpaired) electrons. The van der Waals surface area contributed by atoms with Gasteiger partial charge in [0.05, 0.1) is 12.2 Å². The summed E-state index contributed by atoms with van der Waals surface area (Å²) in [6.07, 6.45) is 3.43. The van der Waals surface area contributed by atoms with Gasteiger partial charge in [-0.05, 0) is 81.7 Å². The van der Waals surface area contributed by atoms with Crippen molar-refractivity contribution in [2.24, 2.45) is 0 Å². The molecule has 1 heterocycles. The van der Waals surface area contributed by atoms with E-state index in [0.717, 1.165) is 48.4 Å². The van der Waals surface area contributed by atoms with Gasteiger partial charge in [0.2, 0.25) is 0 Å². The highest BCUT2D eigenvalue weighted by molar-refractivity contribution is 5.80. The Morgan fingerprint density at radius 2 is 0.676 bits per heavy atom. The smallest absolute Gasteiger partial charge is 0.253 e. The summed E-state index contributed by atoms with van der Waals surface area (Å²) in [4.78, 5) is 161. The summed E-state index contributed by atoms with van der Waals surface area (Å²) in [7, 11) is 15.3. The van der Waals surface area contributed by atoms with Crippen molar-refractivity contribution in [2.75, 3.05) is 171 Å². The molecule has 0 amide bonds. The van der Waals surface area contributed by atoms with Crippen molar-refractivity contribution in [3.63, 3.8) is 0 Å². The molecule has 0 atom stereocenters. The van der Waals surface area contributed by atoms with Gasteiger partial charge in [-0.3, -0.25) is 72.1 Å². The van der Waals surface area contributed by atoms with Crippen molar-refractivity contribution in [3.05, 3.63) is 275 Å². The van der Waals surface area contributed by atoms with Gasteiger partial charge in [-0.2, -0.15) is 0 Å². The number of benzene rings is 3. The summed E-state index contributed by atoms with van der Waals surface area (Å²) in [5, 5.41) is 39.4. The van der Waals surface area contributed by atoms with E-state index >= 15 is 0 Å². The van der Waals surface area contributed by atoms with Gasteiger partial charge in [0.1, 0.15) is 79.6 Å². The summed E-state index contributed by atoms with van der Waals surface area (Å²) in [5.41, 5.74) is 4.26. The number of likely N-dealkylation sites (N-methyl/N-ethyl adjacent to an activating group) is 1. The Morgan fingerprint density at radius 1 is 0.333 bits per heavy atom. The van der Waals surface area contributed by atoms with Crippen LogP contribution in [0.1, 0.15) is 42.7 Å². The second-order valence-corrected chi connectivity index (χ2v) is 22.5. The van der Waals surface area contributed by atoms with E-state index < -0.39 is 76.0 Å². The second kappa shape index (κ2) is 39.2. The average molecular weight is 1400 g/mol. The molecular formula is C72H86N16O14. The molecule has 0 fully saturated rings. The predicted octanol–water partition coefficient (Wildman–Crippen LogP) is 2.82. The number of anilines is 15. The fraction of sp³-hybridized carbons (Fsp3) is 0.292. The van der Waals surface area contributed by atoms with Gasteiger partial charge in [0, 0.05) is 100 Å². The second-order valence-electron chi connectivity index (χ2n) is 22.5. The third-order valence-corrected chi connectivity index (χ3v) is 15.2. The molecule has 0 aliphatic carbocycles. The zero-order valence-electron chi connectivity index (χ0n) is 58.9. The molecule has 11 aromatic rings. The van der Waals surface area contributed by atoms with E-state index in [9.17, 15) is 67.1 Å². The number of pyridine rings is 1. The Kier molecular flexibility index (Phi) is 30.8. The fourth-order valence-corrected chi connectivity index (χ4v) is 9.69. The van der Waals surface area contributed by atoms with E-state index in [1.807, 2.05) is 143 Å². The standard InChI is InChI=1S/C13H14N2O2.2C12H12N2O2.C11H11N3O2.C9H15N3O2.C8H12N2O2.C7H10N2O2/c1-14-10-11(13(17)12(10)16)15-8-7-9-5-3-2-4-6-9;1-7-4-3-5-8(6-7)14-10-9(13-2)11(15)12(10)16;1-13-9-10(12(16)11(9)15)14-7-8-5-3-2-4-6-8;1-12-8-9(11(16)10(8)15)14-6-7-4-2-3-5-13-7;1-10-6-7(9(14)8(6)13)11-4-5-12(2)3;1-3-4-10-6-5(9-2)7(11)8(6)12;1-3-9-5-4(8-2)6(10)7(5)11/h2-6,14-15H,7-8H2,1H3;3-6,13-14H,1-2H3;2-6,13-14H,7H2,1H3;2-5,12,14H,6H2,1H3;10-11H,4-5H2,1-3H3;9-10H,3-4H2,1-2H3;8-9H,3H2,1-2H3. The van der Waals surface area contributed by atoms with Gasteiger partial charge >= 0.3 is 0 Å². The molecule has 11 rings (SSSR count). The highest BCUT2D eigenvalue weighted by atomic mass is 16.2. The minimum Gasteiger partial charge on any atom is -0.383 e. The van der Waals surface area contributed by atoms with Crippen molar-refractivity contribution >= 4 is 85.3 Å². The molecule has 102 heavy (non-hydrogen) atoms. The van der Waals surface area contributed by atoms with Crippen molar-refractivity contribution < 1.29 is 0 Å². The topological polar surface area (TPSA) is 424 Å². The van der Waals surface area contributed by atoms with Crippen LogP contribution in [-0.2, 0) is 19.5 Å². The van der Waals surface area contributed by atoms with Crippen LogP contribution in [0.3, 0.4) is 0 Å². The SMILES string of the molecule is CCCNc1c(NC)c(=O)c1=O.CCNc1c(NC)c(=O)c1=O.CNc1c(NCCN(C)C)c(=O)c1=O.CNc1c(NCCc2ccccc2)c(=O)c1=O.CNc1c(NCc2ccccc2)c(=O)c1=O.CNc1c(NCc2ccccn2)c(=O)c1=O.CNc1c(Nc2cccc(C)c2)c(=O)c1=O. The number of hydrogen-bond donors (Lipinski definition) is 14.